The van der Waals surface area contributed by atoms with Crippen molar-refractivity contribution in [2.75, 3.05) is 5.75 Å². The quantitative estimate of drug-likeness (QED) is 0.748. The zero-order valence-electron chi connectivity index (χ0n) is 6.50. The van der Waals surface area contributed by atoms with Crippen molar-refractivity contribution in [3.8, 4) is 0 Å². The molecule has 1 aromatic rings. The average Bonchev–Trinajstić information content (AvgIpc) is 2.06. The summed E-state index contributed by atoms with van der Waals surface area (Å²) in [6, 6.07) is 7.47. The highest BCUT2D eigenvalue weighted by Crippen LogP contribution is 2.13. The van der Waals surface area contributed by atoms with Gasteiger partial charge in [-0.3, -0.25) is 4.21 Å². The molecule has 12 heavy (non-hydrogen) atoms. The fourth-order valence-corrected chi connectivity index (χ4v) is 1.90. The van der Waals surface area contributed by atoms with Gasteiger partial charge in [-0.1, -0.05) is 22.0 Å². The highest BCUT2D eigenvalue weighted by atomic mass is 79.9. The van der Waals surface area contributed by atoms with Gasteiger partial charge < -0.3 is 0 Å². The van der Waals surface area contributed by atoms with Crippen molar-refractivity contribution < 1.29 is 4.21 Å². The molecule has 0 heterocycles. The molecule has 1 aromatic carbocycles. The molecule has 0 amide bonds. The van der Waals surface area contributed by atoms with E-state index >= 15 is 0 Å². The monoisotopic (exact) mass is 244 g/mol. The van der Waals surface area contributed by atoms with Crippen molar-refractivity contribution in [3.05, 3.63) is 41.4 Å². The van der Waals surface area contributed by atoms with Gasteiger partial charge in [0.2, 0.25) is 0 Å². The van der Waals surface area contributed by atoms with Crippen molar-refractivity contribution in [2.45, 2.75) is 4.90 Å². The number of halogens is 1. The molecule has 1 rings (SSSR count). The second-order valence-corrected chi connectivity index (χ2v) is 4.67. The van der Waals surface area contributed by atoms with E-state index in [1.165, 1.54) is 0 Å². The summed E-state index contributed by atoms with van der Waals surface area (Å²) in [6.45, 7) is 3.54. The van der Waals surface area contributed by atoms with Gasteiger partial charge in [-0.15, -0.1) is 6.58 Å². The lowest BCUT2D eigenvalue weighted by molar-refractivity contribution is 0.685. The van der Waals surface area contributed by atoms with Crippen LogP contribution >= 0.6 is 15.9 Å². The number of benzene rings is 1. The van der Waals surface area contributed by atoms with Crippen LogP contribution in [-0.4, -0.2) is 9.96 Å². The van der Waals surface area contributed by atoms with Crippen molar-refractivity contribution in [3.63, 3.8) is 0 Å². The van der Waals surface area contributed by atoms with E-state index in [-0.39, 0.29) is 0 Å². The molecule has 0 bridgehead atoms. The molecule has 3 heteroatoms. The van der Waals surface area contributed by atoms with E-state index in [2.05, 4.69) is 22.5 Å². The third-order valence-corrected chi connectivity index (χ3v) is 3.21. The first-order chi connectivity index (χ1) is 5.74. The predicted molar refractivity (Wildman–Crippen MR) is 55.6 cm³/mol. The summed E-state index contributed by atoms with van der Waals surface area (Å²) >= 11 is 3.31. The van der Waals surface area contributed by atoms with Crippen LogP contribution in [0.2, 0.25) is 0 Å². The van der Waals surface area contributed by atoms with Gasteiger partial charge in [0.1, 0.15) is 0 Å². The molecule has 0 aliphatic rings. The molecule has 1 nitrogen and oxygen atoms in total. The molecule has 0 aromatic heterocycles. The van der Waals surface area contributed by atoms with Crippen LogP contribution in [0.25, 0.3) is 0 Å². The molecule has 0 aliphatic heterocycles. The van der Waals surface area contributed by atoms with Crippen LogP contribution in [0.3, 0.4) is 0 Å². The summed E-state index contributed by atoms with van der Waals surface area (Å²) < 4.78 is 12.4. The fraction of sp³-hybridized carbons (Fsp3) is 0.111. The second-order valence-electron chi connectivity index (χ2n) is 2.25. The van der Waals surface area contributed by atoms with Gasteiger partial charge >= 0.3 is 0 Å². The molecule has 1 unspecified atom stereocenters. The minimum atomic E-state index is -0.931. The molecule has 64 valence electrons. The van der Waals surface area contributed by atoms with Gasteiger partial charge in [0.25, 0.3) is 0 Å². The van der Waals surface area contributed by atoms with Crippen LogP contribution in [0.4, 0.5) is 0 Å². The zero-order chi connectivity index (χ0) is 8.97. The molecular weight excluding hydrogens is 236 g/mol. The van der Waals surface area contributed by atoms with Crippen LogP contribution in [0.5, 0.6) is 0 Å². The molecule has 0 spiro atoms. The van der Waals surface area contributed by atoms with Crippen molar-refractivity contribution in [2.24, 2.45) is 0 Å². The first kappa shape index (κ1) is 9.68. The van der Waals surface area contributed by atoms with Crippen molar-refractivity contribution in [1.29, 1.82) is 0 Å². The predicted octanol–water partition coefficient (Wildman–Crippen LogP) is 2.74. The average molecular weight is 245 g/mol. The molecule has 1 atom stereocenters. The van der Waals surface area contributed by atoms with Crippen LogP contribution in [0.15, 0.2) is 46.3 Å². The second kappa shape index (κ2) is 4.58. The Morgan fingerprint density at radius 1 is 1.42 bits per heavy atom. The van der Waals surface area contributed by atoms with Crippen molar-refractivity contribution >= 4 is 26.7 Å². The lowest BCUT2D eigenvalue weighted by Crippen LogP contribution is -1.93. The third-order valence-electron chi connectivity index (χ3n) is 1.35. The molecular formula is C9H9BrOS. The Labute approximate surface area is 83.1 Å². The summed E-state index contributed by atoms with van der Waals surface area (Å²) in [5.41, 5.74) is 0. The Bertz CT molecular complexity index is 292. The topological polar surface area (TPSA) is 17.1 Å². The number of hydrogen-bond acceptors (Lipinski definition) is 1. The largest absolute Gasteiger partial charge is 0.254 e. The molecule has 0 saturated carbocycles. The summed E-state index contributed by atoms with van der Waals surface area (Å²) in [6.07, 6.45) is 1.66. The van der Waals surface area contributed by atoms with Gasteiger partial charge in [-0.25, -0.2) is 0 Å². The van der Waals surface area contributed by atoms with E-state index in [9.17, 15) is 4.21 Å². The van der Waals surface area contributed by atoms with Gasteiger partial charge in [0.05, 0.1) is 10.8 Å². The molecule has 0 fully saturated rings. The Balaban J connectivity index is 2.82. The third kappa shape index (κ3) is 2.57. The van der Waals surface area contributed by atoms with E-state index in [0.29, 0.717) is 5.75 Å². The molecule has 0 radical (unpaired) electrons. The molecule has 0 N–H and O–H groups in total. The van der Waals surface area contributed by atoms with E-state index in [1.54, 1.807) is 6.08 Å². The van der Waals surface area contributed by atoms with Gasteiger partial charge in [0, 0.05) is 15.1 Å². The first-order valence-electron chi connectivity index (χ1n) is 3.49. The Hall–Kier alpha value is -0.410. The molecule has 0 saturated heterocycles. The summed E-state index contributed by atoms with van der Waals surface area (Å²) in [7, 11) is -0.931. The zero-order valence-corrected chi connectivity index (χ0v) is 8.90. The van der Waals surface area contributed by atoms with E-state index in [4.69, 9.17) is 0 Å². The number of hydrogen-bond donors (Lipinski definition) is 0. The van der Waals surface area contributed by atoms with Crippen LogP contribution in [-0.2, 0) is 10.8 Å². The SMILES string of the molecule is C=CCS(=O)c1ccc(Br)cc1. The van der Waals surface area contributed by atoms with Crippen LogP contribution in [0, 0.1) is 0 Å². The van der Waals surface area contributed by atoms with Gasteiger partial charge in [-0.05, 0) is 24.3 Å². The van der Waals surface area contributed by atoms with E-state index in [1.807, 2.05) is 24.3 Å². The Kier molecular flexibility index (Phi) is 3.69. The lowest BCUT2D eigenvalue weighted by Gasteiger charge is -1.97. The maximum Gasteiger partial charge on any atom is 0.0567 e. The minimum Gasteiger partial charge on any atom is -0.254 e. The van der Waals surface area contributed by atoms with Crippen LogP contribution in [0.1, 0.15) is 0 Å². The Morgan fingerprint density at radius 2 is 2.00 bits per heavy atom. The first-order valence-corrected chi connectivity index (χ1v) is 5.60. The summed E-state index contributed by atoms with van der Waals surface area (Å²) in [4.78, 5) is 0.845. The smallest absolute Gasteiger partial charge is 0.0567 e. The van der Waals surface area contributed by atoms with E-state index in [0.717, 1.165) is 9.37 Å². The minimum absolute atomic E-state index is 0.516. The highest BCUT2D eigenvalue weighted by molar-refractivity contribution is 9.10. The van der Waals surface area contributed by atoms with Crippen molar-refractivity contribution in [1.82, 2.24) is 0 Å². The van der Waals surface area contributed by atoms with E-state index < -0.39 is 10.8 Å². The lowest BCUT2D eigenvalue weighted by atomic mass is 10.4. The Morgan fingerprint density at radius 3 is 2.50 bits per heavy atom. The van der Waals surface area contributed by atoms with Gasteiger partial charge in [-0.2, -0.15) is 0 Å². The number of rotatable bonds is 3. The maximum absolute atomic E-state index is 11.4. The fourth-order valence-electron chi connectivity index (χ4n) is 0.790. The standard InChI is InChI=1S/C9H9BrOS/c1-2-7-12(11)9-5-3-8(10)4-6-9/h2-6H,1,7H2. The summed E-state index contributed by atoms with van der Waals surface area (Å²) in [5, 5.41) is 0. The van der Waals surface area contributed by atoms with Gasteiger partial charge in [0.15, 0.2) is 0 Å². The highest BCUT2D eigenvalue weighted by Gasteiger charge is 1.99. The normalized spacial score (nSPS) is 12.4. The maximum atomic E-state index is 11.4. The molecule has 0 aliphatic carbocycles. The summed E-state index contributed by atoms with van der Waals surface area (Å²) in [5.74, 6) is 0.516. The van der Waals surface area contributed by atoms with Crippen LogP contribution < -0.4 is 0 Å².